The number of pyridine rings is 1. The van der Waals surface area contributed by atoms with Crippen molar-refractivity contribution in [3.63, 3.8) is 0 Å². The smallest absolute Gasteiger partial charge is 0.324 e. The quantitative estimate of drug-likeness (QED) is 0.293. The normalized spacial score (nSPS) is 16.4. The minimum absolute atomic E-state index is 0.157. The first-order chi connectivity index (χ1) is 20.1. The van der Waals surface area contributed by atoms with E-state index in [1.165, 1.54) is 6.07 Å². The summed E-state index contributed by atoms with van der Waals surface area (Å²) in [5, 5.41) is 14.4. The van der Waals surface area contributed by atoms with Crippen LogP contribution in [0.2, 0.25) is 0 Å². The number of urea groups is 1. The molecular formula is C31H30N8O3. The average molecular weight is 563 g/mol. The van der Waals surface area contributed by atoms with Crippen LogP contribution in [0.5, 0.6) is 0 Å². The molecule has 0 radical (unpaired) electrons. The first-order valence-corrected chi connectivity index (χ1v) is 13.5. The SMILES string of the molecule is CN1C(=O)C(c2cccc(NC(=O)Nc3cc(C(C)(C)C)nn3-c3ccc4[nH]c(=O)ccc4c3)c2)=CC2=CNC=NC21. The lowest BCUT2D eigenvalue weighted by atomic mass is 9.92. The van der Waals surface area contributed by atoms with E-state index in [2.05, 4.69) is 25.9 Å². The van der Waals surface area contributed by atoms with Crippen molar-refractivity contribution in [3.05, 3.63) is 100 Å². The standard InChI is InChI=1S/C31H30N8O3/c1-31(2,3)25-15-26(39(37-25)22-9-10-24-19(13-22)8-11-27(40)35-24)36-30(42)34-21-7-5-6-18(12-21)23-14-20-16-32-17-33-28(20)38(4)29(23)41/h5-17,28H,1-4H3,(H,32,33)(H,35,40)(H2,34,36,42). The van der Waals surface area contributed by atoms with E-state index in [9.17, 15) is 14.4 Å². The van der Waals surface area contributed by atoms with Crippen LogP contribution < -0.4 is 21.5 Å². The van der Waals surface area contributed by atoms with Gasteiger partial charge in [-0.05, 0) is 48.0 Å². The van der Waals surface area contributed by atoms with E-state index in [4.69, 9.17) is 5.10 Å². The van der Waals surface area contributed by atoms with E-state index < -0.39 is 6.03 Å². The number of amides is 3. The fourth-order valence-corrected chi connectivity index (χ4v) is 4.93. The van der Waals surface area contributed by atoms with Gasteiger partial charge in [-0.25, -0.2) is 14.5 Å². The Hall–Kier alpha value is -5.45. The van der Waals surface area contributed by atoms with Crippen LogP contribution in [-0.4, -0.2) is 51.2 Å². The zero-order chi connectivity index (χ0) is 29.6. The third-order valence-corrected chi connectivity index (χ3v) is 7.17. The van der Waals surface area contributed by atoms with Crippen LogP contribution in [-0.2, 0) is 10.2 Å². The van der Waals surface area contributed by atoms with Gasteiger partial charge in [0, 0.05) is 58.5 Å². The van der Waals surface area contributed by atoms with Gasteiger partial charge in [0.05, 0.1) is 17.7 Å². The number of benzene rings is 2. The third-order valence-electron chi connectivity index (χ3n) is 7.17. The Morgan fingerprint density at radius 1 is 1.00 bits per heavy atom. The summed E-state index contributed by atoms with van der Waals surface area (Å²) in [7, 11) is 1.72. The van der Waals surface area contributed by atoms with Crippen LogP contribution >= 0.6 is 0 Å². The highest BCUT2D eigenvalue weighted by atomic mass is 16.2. The number of aromatic nitrogens is 3. The number of nitrogens with one attached hydrogen (secondary N) is 4. The van der Waals surface area contributed by atoms with E-state index in [1.807, 2.05) is 63.4 Å². The average Bonchev–Trinajstić information content (AvgIpc) is 3.39. The van der Waals surface area contributed by atoms with Gasteiger partial charge in [0.15, 0.2) is 6.17 Å². The molecule has 1 unspecified atom stereocenters. The van der Waals surface area contributed by atoms with E-state index in [0.29, 0.717) is 28.2 Å². The summed E-state index contributed by atoms with van der Waals surface area (Å²) < 4.78 is 1.67. The Morgan fingerprint density at radius 3 is 2.64 bits per heavy atom. The summed E-state index contributed by atoms with van der Waals surface area (Å²) in [4.78, 5) is 46.8. The maximum absolute atomic E-state index is 13.2. The molecule has 0 fully saturated rings. The number of hydrogen-bond acceptors (Lipinski definition) is 6. The van der Waals surface area contributed by atoms with Crippen molar-refractivity contribution in [2.45, 2.75) is 32.4 Å². The number of likely N-dealkylation sites (N-methyl/N-ethyl adjacent to an activating group) is 1. The van der Waals surface area contributed by atoms with Gasteiger partial charge in [-0.15, -0.1) is 0 Å². The summed E-state index contributed by atoms with van der Waals surface area (Å²) in [6, 6.07) is 17.3. The van der Waals surface area contributed by atoms with Crippen molar-refractivity contribution in [2.75, 3.05) is 17.7 Å². The van der Waals surface area contributed by atoms with Crippen molar-refractivity contribution in [1.82, 2.24) is 25.0 Å². The molecule has 3 amide bonds. The number of fused-ring (bicyclic) bond motifs is 2. The Bertz CT molecular complexity index is 1890. The van der Waals surface area contributed by atoms with Crippen molar-refractivity contribution >= 4 is 46.3 Å². The minimum atomic E-state index is -0.464. The van der Waals surface area contributed by atoms with E-state index in [1.54, 1.807) is 47.2 Å². The zero-order valence-corrected chi connectivity index (χ0v) is 23.6. The first kappa shape index (κ1) is 26.8. The molecule has 0 spiro atoms. The Morgan fingerprint density at radius 2 is 1.83 bits per heavy atom. The second-order valence-corrected chi connectivity index (χ2v) is 11.3. The molecule has 0 saturated carbocycles. The molecule has 42 heavy (non-hydrogen) atoms. The van der Waals surface area contributed by atoms with Gasteiger partial charge < -0.3 is 20.5 Å². The van der Waals surface area contributed by atoms with Gasteiger partial charge in [0.25, 0.3) is 5.91 Å². The molecule has 4 heterocycles. The molecule has 4 N–H and O–H groups in total. The van der Waals surface area contributed by atoms with E-state index in [-0.39, 0.29) is 23.0 Å². The minimum Gasteiger partial charge on any atom is -0.353 e. The van der Waals surface area contributed by atoms with Gasteiger partial charge in [0.2, 0.25) is 5.56 Å². The summed E-state index contributed by atoms with van der Waals surface area (Å²) in [5.41, 5.74) is 4.36. The van der Waals surface area contributed by atoms with Crippen molar-refractivity contribution < 1.29 is 9.59 Å². The van der Waals surface area contributed by atoms with Crippen molar-refractivity contribution in [1.29, 1.82) is 0 Å². The number of carbonyl (C=O) groups excluding carboxylic acids is 2. The summed E-state index contributed by atoms with van der Waals surface area (Å²) in [6.45, 7) is 6.15. The number of aliphatic imine (C=N–C) groups is 1. The summed E-state index contributed by atoms with van der Waals surface area (Å²) in [5.74, 6) is 0.323. The predicted molar refractivity (Wildman–Crippen MR) is 164 cm³/mol. The zero-order valence-electron chi connectivity index (χ0n) is 23.6. The Kier molecular flexibility index (Phi) is 6.49. The maximum atomic E-state index is 13.2. The molecule has 2 aromatic carbocycles. The number of anilines is 2. The topological polar surface area (TPSA) is 137 Å². The molecule has 212 valence electrons. The maximum Gasteiger partial charge on any atom is 0.324 e. The monoisotopic (exact) mass is 562 g/mol. The van der Waals surface area contributed by atoms with Gasteiger partial charge >= 0.3 is 6.03 Å². The molecule has 0 saturated heterocycles. The van der Waals surface area contributed by atoms with Crippen molar-refractivity contribution in [3.8, 4) is 5.69 Å². The lowest BCUT2D eigenvalue weighted by molar-refractivity contribution is -0.125. The molecule has 0 bridgehead atoms. The molecular weight excluding hydrogens is 532 g/mol. The Balaban J connectivity index is 1.27. The van der Waals surface area contributed by atoms with Gasteiger partial charge in [0.1, 0.15) is 5.82 Å². The van der Waals surface area contributed by atoms with Gasteiger partial charge in [-0.3, -0.25) is 14.9 Å². The highest BCUT2D eigenvalue weighted by Crippen LogP contribution is 2.31. The third kappa shape index (κ3) is 5.07. The highest BCUT2D eigenvalue weighted by molar-refractivity contribution is 6.21. The summed E-state index contributed by atoms with van der Waals surface area (Å²) >= 11 is 0. The molecule has 2 aliphatic rings. The van der Waals surface area contributed by atoms with E-state index in [0.717, 1.165) is 22.3 Å². The number of H-pyrrole nitrogens is 1. The fourth-order valence-electron chi connectivity index (χ4n) is 4.93. The van der Waals surface area contributed by atoms with Crippen LogP contribution in [0.25, 0.3) is 22.2 Å². The van der Waals surface area contributed by atoms with Crippen LogP contribution in [0.3, 0.4) is 0 Å². The molecule has 11 heteroatoms. The lowest BCUT2D eigenvalue weighted by Gasteiger charge is -2.32. The largest absolute Gasteiger partial charge is 0.353 e. The molecule has 6 rings (SSSR count). The molecule has 4 aromatic rings. The highest BCUT2D eigenvalue weighted by Gasteiger charge is 2.31. The first-order valence-electron chi connectivity index (χ1n) is 13.5. The van der Waals surface area contributed by atoms with Crippen LogP contribution in [0.1, 0.15) is 32.0 Å². The lowest BCUT2D eigenvalue weighted by Crippen LogP contribution is -2.42. The van der Waals surface area contributed by atoms with Crippen LogP contribution in [0.4, 0.5) is 16.3 Å². The van der Waals surface area contributed by atoms with Crippen LogP contribution in [0.15, 0.2) is 88.3 Å². The fraction of sp³-hybridized carbons (Fsp3) is 0.194. The molecule has 0 aliphatic carbocycles. The van der Waals surface area contributed by atoms with Crippen LogP contribution in [0, 0.1) is 0 Å². The Labute approximate surface area is 241 Å². The predicted octanol–water partition coefficient (Wildman–Crippen LogP) is 4.35. The number of nitrogens with zero attached hydrogens (tertiary/aromatic N) is 4. The molecule has 2 aliphatic heterocycles. The second-order valence-electron chi connectivity index (χ2n) is 11.3. The number of aromatic amines is 1. The van der Waals surface area contributed by atoms with Crippen molar-refractivity contribution in [2.24, 2.45) is 4.99 Å². The second kappa shape index (κ2) is 10.2. The van der Waals surface area contributed by atoms with Gasteiger partial charge in [-0.1, -0.05) is 32.9 Å². The number of hydrogen-bond donors (Lipinski definition) is 4. The number of rotatable bonds is 4. The molecule has 11 nitrogen and oxygen atoms in total. The van der Waals surface area contributed by atoms with E-state index >= 15 is 0 Å². The summed E-state index contributed by atoms with van der Waals surface area (Å²) in [6.07, 6.45) is 4.85. The molecule has 2 aromatic heterocycles. The molecule has 1 atom stereocenters. The van der Waals surface area contributed by atoms with Gasteiger partial charge in [-0.2, -0.15) is 5.10 Å². The number of carbonyl (C=O) groups is 2.